The van der Waals surface area contributed by atoms with Crippen molar-refractivity contribution in [2.75, 3.05) is 85.7 Å². The van der Waals surface area contributed by atoms with Crippen molar-refractivity contribution in [3.63, 3.8) is 0 Å². The summed E-state index contributed by atoms with van der Waals surface area (Å²) in [7, 11) is 0. The lowest BCUT2D eigenvalue weighted by Gasteiger charge is -2.19. The van der Waals surface area contributed by atoms with Crippen LogP contribution in [0, 0.1) is 0 Å². The van der Waals surface area contributed by atoms with E-state index in [-0.39, 0.29) is 11.7 Å². The van der Waals surface area contributed by atoms with Gasteiger partial charge in [-0.25, -0.2) is 4.79 Å². The number of carbonyl (C=O) groups excluding carboxylic acids is 2. The van der Waals surface area contributed by atoms with Crippen LogP contribution in [0.3, 0.4) is 0 Å². The minimum absolute atomic E-state index is 0.0189. The highest BCUT2D eigenvalue weighted by atomic mass is 16.6. The maximum absolute atomic E-state index is 12.5. The van der Waals surface area contributed by atoms with Crippen LogP contribution >= 0.6 is 0 Å². The van der Waals surface area contributed by atoms with E-state index in [1.165, 1.54) is 6.07 Å². The van der Waals surface area contributed by atoms with Crippen molar-refractivity contribution in [1.29, 1.82) is 0 Å². The van der Waals surface area contributed by atoms with Crippen LogP contribution in [0.5, 0.6) is 5.75 Å². The van der Waals surface area contributed by atoms with Gasteiger partial charge < -0.3 is 49.9 Å². The van der Waals surface area contributed by atoms with Crippen molar-refractivity contribution < 1.29 is 43.1 Å². The molecule has 0 aliphatic carbocycles. The number of nitrogens with two attached hydrogens (primary N) is 1. The highest BCUT2D eigenvalue weighted by Crippen LogP contribution is 2.29. The molecule has 0 radical (unpaired) electrons. The molecule has 2 aromatic rings. The fraction of sp³-hybridized carbons (Fsp3) is 0.588. The van der Waals surface area contributed by atoms with E-state index in [0.29, 0.717) is 115 Å². The molecule has 0 atom stereocenters. The third-order valence-electron chi connectivity index (χ3n) is 6.26. The van der Waals surface area contributed by atoms with E-state index in [2.05, 4.69) is 20.9 Å². The van der Waals surface area contributed by atoms with Crippen LogP contribution in [0.2, 0.25) is 0 Å². The summed E-state index contributed by atoms with van der Waals surface area (Å²) < 4.78 is 32.5. The molecule has 14 heteroatoms. The van der Waals surface area contributed by atoms with E-state index in [1.807, 2.05) is 0 Å². The van der Waals surface area contributed by atoms with Gasteiger partial charge in [0.15, 0.2) is 0 Å². The molecule has 0 aliphatic rings. The van der Waals surface area contributed by atoms with Gasteiger partial charge in [-0.3, -0.25) is 4.79 Å². The molecule has 14 nitrogen and oxygen atoms in total. The SMILES string of the molecule is CC(C)(C)OC(=O)NCCc1ccc(O)c(N=Nc2ccc(C(=O)NCCCOCCOCCOCCOCCOCCCN)cc2)c1. The van der Waals surface area contributed by atoms with Gasteiger partial charge in [-0.1, -0.05) is 6.07 Å². The molecule has 2 aromatic carbocycles. The number of nitrogens with one attached hydrogen (secondary N) is 2. The first-order valence-electron chi connectivity index (χ1n) is 16.4. The Hall–Kier alpha value is -3.66. The zero-order chi connectivity index (χ0) is 34.9. The smallest absolute Gasteiger partial charge is 0.407 e. The van der Waals surface area contributed by atoms with E-state index in [0.717, 1.165) is 12.0 Å². The second-order valence-corrected chi connectivity index (χ2v) is 11.6. The largest absolute Gasteiger partial charge is 0.506 e. The maximum Gasteiger partial charge on any atom is 0.407 e. The normalized spacial score (nSPS) is 11.6. The Labute approximate surface area is 283 Å². The Kier molecular flexibility index (Phi) is 20.7. The number of amides is 2. The lowest BCUT2D eigenvalue weighted by atomic mass is 10.1. The van der Waals surface area contributed by atoms with Crippen LogP contribution < -0.4 is 16.4 Å². The molecular weight excluding hydrogens is 622 g/mol. The first kappa shape index (κ1) is 40.5. The summed E-state index contributed by atoms with van der Waals surface area (Å²) in [4.78, 5) is 24.3. The summed E-state index contributed by atoms with van der Waals surface area (Å²) in [6.07, 6.45) is 1.56. The second kappa shape index (κ2) is 24.5. The quantitative estimate of drug-likeness (QED) is 0.0867. The summed E-state index contributed by atoms with van der Waals surface area (Å²) in [6.45, 7) is 12.0. The van der Waals surface area contributed by atoms with Crippen molar-refractivity contribution in [2.45, 2.75) is 45.6 Å². The average molecular weight is 676 g/mol. The van der Waals surface area contributed by atoms with E-state index in [9.17, 15) is 14.7 Å². The predicted molar refractivity (Wildman–Crippen MR) is 181 cm³/mol. The minimum Gasteiger partial charge on any atom is -0.506 e. The average Bonchev–Trinajstić information content (AvgIpc) is 3.05. The highest BCUT2D eigenvalue weighted by molar-refractivity contribution is 5.94. The first-order valence-corrected chi connectivity index (χ1v) is 16.4. The molecule has 0 spiro atoms. The number of aromatic hydroxyl groups is 1. The Morgan fingerprint density at radius 1 is 0.729 bits per heavy atom. The Balaban J connectivity index is 1.53. The molecule has 5 N–H and O–H groups in total. The number of alkyl carbamates (subject to hydrolysis) is 1. The van der Waals surface area contributed by atoms with Gasteiger partial charge in [0.05, 0.1) is 58.5 Å². The van der Waals surface area contributed by atoms with Crippen LogP contribution in [0.1, 0.15) is 49.5 Å². The molecule has 2 rings (SSSR count). The molecular formula is C34H53N5O9. The van der Waals surface area contributed by atoms with Crippen LogP contribution in [0.25, 0.3) is 0 Å². The number of azo groups is 1. The molecule has 0 bridgehead atoms. The molecule has 0 saturated carbocycles. The Morgan fingerprint density at radius 2 is 1.29 bits per heavy atom. The Morgan fingerprint density at radius 3 is 1.85 bits per heavy atom. The van der Waals surface area contributed by atoms with Crippen molar-refractivity contribution >= 4 is 23.4 Å². The lowest BCUT2D eigenvalue weighted by Crippen LogP contribution is -2.33. The first-order chi connectivity index (χ1) is 23.2. The van der Waals surface area contributed by atoms with E-state index in [4.69, 9.17) is 34.2 Å². The van der Waals surface area contributed by atoms with E-state index in [1.54, 1.807) is 57.2 Å². The zero-order valence-corrected chi connectivity index (χ0v) is 28.5. The van der Waals surface area contributed by atoms with E-state index < -0.39 is 11.7 Å². The lowest BCUT2D eigenvalue weighted by molar-refractivity contribution is -0.0111. The predicted octanol–water partition coefficient (Wildman–Crippen LogP) is 4.43. The van der Waals surface area contributed by atoms with Gasteiger partial charge in [-0.2, -0.15) is 5.11 Å². The van der Waals surface area contributed by atoms with Crippen molar-refractivity contribution in [1.82, 2.24) is 10.6 Å². The number of phenolic OH excluding ortho intramolecular Hbond substituents is 1. The fourth-order valence-corrected chi connectivity index (χ4v) is 3.86. The topological polar surface area (TPSA) is 185 Å². The summed E-state index contributed by atoms with van der Waals surface area (Å²) in [5.74, 6) is -0.219. The second-order valence-electron chi connectivity index (χ2n) is 11.6. The number of carbonyl (C=O) groups is 2. The third kappa shape index (κ3) is 19.9. The molecule has 268 valence electrons. The van der Waals surface area contributed by atoms with Crippen molar-refractivity contribution in [3.8, 4) is 5.75 Å². The molecule has 48 heavy (non-hydrogen) atoms. The number of nitrogens with zero attached hydrogens (tertiary/aromatic N) is 2. The van der Waals surface area contributed by atoms with Gasteiger partial charge in [0, 0.05) is 31.9 Å². The van der Waals surface area contributed by atoms with Crippen molar-refractivity contribution in [3.05, 3.63) is 53.6 Å². The number of hydrogen-bond acceptors (Lipinski definition) is 12. The zero-order valence-electron chi connectivity index (χ0n) is 28.5. The molecule has 0 fully saturated rings. The van der Waals surface area contributed by atoms with Crippen molar-refractivity contribution in [2.24, 2.45) is 16.0 Å². The van der Waals surface area contributed by atoms with Gasteiger partial charge in [0.1, 0.15) is 17.0 Å². The number of hydrogen-bond donors (Lipinski definition) is 4. The molecule has 2 amide bonds. The standard InChI is InChI=1S/C34H53N5O9/c1-34(2,3)48-33(42)37-15-12-27-6-11-31(40)30(26-27)39-38-29-9-7-28(8-10-29)32(41)36-14-5-17-44-19-21-46-23-25-47-24-22-45-20-18-43-16-4-13-35/h6-11,26,40H,4-5,12-25,35H2,1-3H3,(H,36,41)(H,37,42). The van der Waals surface area contributed by atoms with Gasteiger partial charge in [0.2, 0.25) is 0 Å². The third-order valence-corrected chi connectivity index (χ3v) is 6.26. The summed E-state index contributed by atoms with van der Waals surface area (Å²) in [5.41, 5.74) is 7.00. The molecule has 0 heterocycles. The van der Waals surface area contributed by atoms with Gasteiger partial charge in [-0.05, 0) is 88.5 Å². The Bertz CT molecular complexity index is 1210. The van der Waals surface area contributed by atoms with Crippen LogP contribution in [0.15, 0.2) is 52.7 Å². The molecule has 0 saturated heterocycles. The van der Waals surface area contributed by atoms with Crippen LogP contribution in [0.4, 0.5) is 16.2 Å². The number of ether oxygens (including phenoxy) is 6. The molecule has 0 aromatic heterocycles. The summed E-state index contributed by atoms with van der Waals surface area (Å²) in [6, 6.07) is 11.7. The van der Waals surface area contributed by atoms with E-state index >= 15 is 0 Å². The van der Waals surface area contributed by atoms with Crippen LogP contribution in [-0.4, -0.2) is 108 Å². The van der Waals surface area contributed by atoms with Gasteiger partial charge >= 0.3 is 6.09 Å². The van der Waals surface area contributed by atoms with Crippen LogP contribution in [-0.2, 0) is 34.8 Å². The molecule has 0 unspecified atom stereocenters. The maximum atomic E-state index is 12.5. The van der Waals surface area contributed by atoms with Gasteiger partial charge in [-0.15, -0.1) is 5.11 Å². The van der Waals surface area contributed by atoms with Gasteiger partial charge in [0.25, 0.3) is 5.91 Å². The monoisotopic (exact) mass is 675 g/mol. The number of rotatable bonds is 25. The number of benzene rings is 2. The molecule has 0 aliphatic heterocycles. The number of phenols is 1. The summed E-state index contributed by atoms with van der Waals surface area (Å²) >= 11 is 0. The minimum atomic E-state index is -0.569. The summed E-state index contributed by atoms with van der Waals surface area (Å²) in [5, 5.41) is 24.1. The highest BCUT2D eigenvalue weighted by Gasteiger charge is 2.15. The fourth-order valence-electron chi connectivity index (χ4n) is 3.86.